The number of carbonyl (C=O) groups excluding carboxylic acids is 1. The smallest absolute Gasteiger partial charge is 0.336 e. The van der Waals surface area contributed by atoms with Gasteiger partial charge in [-0.15, -0.1) is 0 Å². The highest BCUT2D eigenvalue weighted by atomic mass is 32.2. The number of halogens is 7. The third-order valence-electron chi connectivity index (χ3n) is 4.79. The number of hydrogen-bond donors (Lipinski definition) is 0. The van der Waals surface area contributed by atoms with Gasteiger partial charge in [-0.1, -0.05) is 6.07 Å². The average Bonchev–Trinajstić information content (AvgIpc) is 2.71. The first kappa shape index (κ1) is 24.0. The first-order valence-electron chi connectivity index (χ1n) is 9.04. The number of carbonyl (C=O) groups is 1. The first-order chi connectivity index (χ1) is 14.7. The maximum atomic E-state index is 13.4. The normalized spacial score (nSPS) is 16.3. The molecular weight excluding hydrogens is 469 g/mol. The Morgan fingerprint density at radius 2 is 1.34 bits per heavy atom. The maximum absolute atomic E-state index is 13.4. The van der Waals surface area contributed by atoms with Crippen molar-refractivity contribution in [2.45, 2.75) is 17.2 Å². The van der Waals surface area contributed by atoms with E-state index in [1.54, 1.807) is 0 Å². The zero-order chi connectivity index (χ0) is 23.9. The van der Waals surface area contributed by atoms with E-state index in [1.165, 1.54) is 12.1 Å². The minimum atomic E-state index is -5.10. The number of rotatable bonds is 3. The van der Waals surface area contributed by atoms with E-state index in [1.807, 2.05) is 0 Å². The van der Waals surface area contributed by atoms with Crippen LogP contribution in [0.5, 0.6) is 0 Å². The van der Waals surface area contributed by atoms with E-state index >= 15 is 0 Å². The van der Waals surface area contributed by atoms with Crippen molar-refractivity contribution in [2.24, 2.45) is 0 Å². The molecule has 32 heavy (non-hydrogen) atoms. The zero-order valence-electron chi connectivity index (χ0n) is 16.0. The molecule has 0 N–H and O–H groups in total. The fourth-order valence-corrected chi connectivity index (χ4v) is 4.62. The summed E-state index contributed by atoms with van der Waals surface area (Å²) in [6, 6.07) is 4.82. The predicted molar refractivity (Wildman–Crippen MR) is 97.5 cm³/mol. The van der Waals surface area contributed by atoms with E-state index in [-0.39, 0.29) is 37.1 Å². The van der Waals surface area contributed by atoms with Crippen molar-refractivity contribution in [1.82, 2.24) is 9.21 Å². The van der Waals surface area contributed by atoms with Gasteiger partial charge in [-0.05, 0) is 36.4 Å². The van der Waals surface area contributed by atoms with Gasteiger partial charge in [0, 0.05) is 31.7 Å². The summed E-state index contributed by atoms with van der Waals surface area (Å²) in [5.74, 6) is -1.87. The van der Waals surface area contributed by atoms with Crippen LogP contribution in [0.4, 0.5) is 30.7 Å². The first-order valence-corrected chi connectivity index (χ1v) is 10.5. The van der Waals surface area contributed by atoms with E-state index < -0.39 is 50.8 Å². The number of hydrogen-bond acceptors (Lipinski definition) is 3. The largest absolute Gasteiger partial charge is 0.416 e. The van der Waals surface area contributed by atoms with Crippen molar-refractivity contribution in [3.8, 4) is 0 Å². The van der Waals surface area contributed by atoms with Gasteiger partial charge in [0.1, 0.15) is 5.82 Å². The molecule has 0 bridgehead atoms. The maximum Gasteiger partial charge on any atom is 0.416 e. The highest BCUT2D eigenvalue weighted by molar-refractivity contribution is 7.89. The number of piperazine rings is 1. The SMILES string of the molecule is O=C(c1cc(C(F)(F)F)cc(C(F)(F)F)c1)N1CCN(S(=O)(=O)c2cccc(F)c2)CC1. The van der Waals surface area contributed by atoms with Crippen LogP contribution in [0, 0.1) is 5.82 Å². The number of amides is 1. The Balaban J connectivity index is 1.81. The summed E-state index contributed by atoms with van der Waals surface area (Å²) in [6.07, 6.45) is -10.2. The second-order valence-corrected chi connectivity index (χ2v) is 8.89. The van der Waals surface area contributed by atoms with E-state index in [0.29, 0.717) is 12.1 Å². The number of alkyl halides is 6. The van der Waals surface area contributed by atoms with Crippen LogP contribution in [0.2, 0.25) is 0 Å². The molecule has 1 fully saturated rings. The van der Waals surface area contributed by atoms with Gasteiger partial charge in [0.25, 0.3) is 5.91 Å². The molecule has 1 amide bonds. The molecular formula is C19H15F7N2O3S. The lowest BCUT2D eigenvalue weighted by Crippen LogP contribution is -2.50. The van der Waals surface area contributed by atoms with Crippen molar-refractivity contribution in [3.05, 3.63) is 65.0 Å². The van der Waals surface area contributed by atoms with Gasteiger partial charge in [0.05, 0.1) is 16.0 Å². The number of sulfonamides is 1. The van der Waals surface area contributed by atoms with Crippen LogP contribution >= 0.6 is 0 Å². The average molecular weight is 484 g/mol. The number of nitrogens with zero attached hydrogens (tertiary/aromatic N) is 2. The third-order valence-corrected chi connectivity index (χ3v) is 6.69. The summed E-state index contributed by atoms with van der Waals surface area (Å²) in [4.78, 5) is 13.3. The van der Waals surface area contributed by atoms with Crippen molar-refractivity contribution < 1.29 is 43.9 Å². The summed E-state index contributed by atoms with van der Waals surface area (Å²) < 4.78 is 118. The van der Waals surface area contributed by atoms with E-state index in [4.69, 9.17) is 0 Å². The van der Waals surface area contributed by atoms with Gasteiger partial charge >= 0.3 is 12.4 Å². The Bertz CT molecular complexity index is 1090. The Morgan fingerprint density at radius 1 is 0.812 bits per heavy atom. The molecule has 2 aromatic carbocycles. The highest BCUT2D eigenvalue weighted by Gasteiger charge is 2.38. The van der Waals surface area contributed by atoms with Crippen LogP contribution in [0.25, 0.3) is 0 Å². The lowest BCUT2D eigenvalue weighted by atomic mass is 10.0. The Hall–Kier alpha value is -2.67. The molecule has 0 saturated carbocycles. The molecule has 13 heteroatoms. The van der Waals surface area contributed by atoms with Crippen LogP contribution in [0.1, 0.15) is 21.5 Å². The van der Waals surface area contributed by atoms with Gasteiger partial charge < -0.3 is 4.90 Å². The van der Waals surface area contributed by atoms with Crippen LogP contribution in [-0.2, 0) is 22.4 Å². The molecule has 1 saturated heterocycles. The van der Waals surface area contributed by atoms with Gasteiger partial charge in [-0.3, -0.25) is 4.79 Å². The van der Waals surface area contributed by atoms with Crippen molar-refractivity contribution in [3.63, 3.8) is 0 Å². The molecule has 0 unspecified atom stereocenters. The second-order valence-electron chi connectivity index (χ2n) is 6.95. The Morgan fingerprint density at radius 3 is 1.81 bits per heavy atom. The molecule has 0 spiro atoms. The lowest BCUT2D eigenvalue weighted by Gasteiger charge is -2.34. The molecule has 1 aliphatic heterocycles. The minimum Gasteiger partial charge on any atom is -0.336 e. The van der Waals surface area contributed by atoms with Crippen molar-refractivity contribution in [1.29, 1.82) is 0 Å². The van der Waals surface area contributed by atoms with Gasteiger partial charge in [0.2, 0.25) is 10.0 Å². The van der Waals surface area contributed by atoms with Crippen molar-refractivity contribution >= 4 is 15.9 Å². The molecule has 0 aliphatic carbocycles. The standard InChI is InChI=1S/C19H15F7N2O3S/c20-15-2-1-3-16(11-15)32(30,31)28-6-4-27(5-7-28)17(29)12-8-13(18(21,22)23)10-14(9-12)19(24,25)26/h1-3,8-11H,4-7H2. The Labute approximate surface area is 178 Å². The summed E-state index contributed by atoms with van der Waals surface area (Å²) in [5.41, 5.74) is -4.06. The van der Waals surface area contributed by atoms with Crippen LogP contribution in [-0.4, -0.2) is 49.7 Å². The van der Waals surface area contributed by atoms with Crippen LogP contribution in [0.3, 0.4) is 0 Å². The summed E-state index contributed by atoms with van der Waals surface area (Å²) in [6.45, 7) is -1.08. The highest BCUT2D eigenvalue weighted by Crippen LogP contribution is 2.36. The molecule has 0 aromatic heterocycles. The molecule has 1 heterocycles. The fourth-order valence-electron chi connectivity index (χ4n) is 3.17. The lowest BCUT2D eigenvalue weighted by molar-refractivity contribution is -0.143. The van der Waals surface area contributed by atoms with E-state index in [2.05, 4.69) is 0 Å². The fraction of sp³-hybridized carbons (Fsp3) is 0.316. The molecule has 174 valence electrons. The summed E-state index contributed by atoms with van der Waals surface area (Å²) >= 11 is 0. The van der Waals surface area contributed by atoms with Crippen LogP contribution in [0.15, 0.2) is 47.4 Å². The van der Waals surface area contributed by atoms with E-state index in [9.17, 15) is 43.9 Å². The number of benzene rings is 2. The molecule has 0 atom stereocenters. The molecule has 2 aromatic rings. The quantitative estimate of drug-likeness (QED) is 0.619. The zero-order valence-corrected chi connectivity index (χ0v) is 16.9. The van der Waals surface area contributed by atoms with Crippen LogP contribution < -0.4 is 0 Å². The minimum absolute atomic E-state index is 0.0831. The Kier molecular flexibility index (Phi) is 6.26. The topological polar surface area (TPSA) is 57.7 Å². The predicted octanol–water partition coefficient (Wildman–Crippen LogP) is 4.01. The van der Waals surface area contributed by atoms with Gasteiger partial charge in [-0.25, -0.2) is 12.8 Å². The molecule has 5 nitrogen and oxygen atoms in total. The second kappa shape index (κ2) is 8.35. The summed E-state index contributed by atoms with van der Waals surface area (Å²) in [5, 5.41) is 0. The molecule has 3 rings (SSSR count). The molecule has 1 aliphatic rings. The molecule has 0 radical (unpaired) electrons. The van der Waals surface area contributed by atoms with Gasteiger partial charge in [0.15, 0.2) is 0 Å². The summed E-state index contributed by atoms with van der Waals surface area (Å²) in [7, 11) is -4.09. The van der Waals surface area contributed by atoms with Gasteiger partial charge in [-0.2, -0.15) is 30.6 Å². The monoisotopic (exact) mass is 484 g/mol. The van der Waals surface area contributed by atoms with Crippen molar-refractivity contribution in [2.75, 3.05) is 26.2 Å². The third kappa shape index (κ3) is 5.04. The van der Waals surface area contributed by atoms with E-state index in [0.717, 1.165) is 21.3 Å².